The van der Waals surface area contributed by atoms with Gasteiger partial charge in [0, 0.05) is 34.6 Å². The maximum Gasteiger partial charge on any atom is 0.223 e. The van der Waals surface area contributed by atoms with E-state index in [4.69, 9.17) is 27.9 Å². The van der Waals surface area contributed by atoms with Crippen molar-refractivity contribution < 1.29 is 17.9 Å². The number of carbonyl (C=O) groups is 1. The van der Waals surface area contributed by atoms with Crippen LogP contribution in [0, 0.1) is 5.92 Å². The third kappa shape index (κ3) is 5.92. The summed E-state index contributed by atoms with van der Waals surface area (Å²) in [6.45, 7) is 2.51. The fraction of sp³-hybridized carbons (Fsp3) is 0.409. The molecule has 1 aliphatic rings. The summed E-state index contributed by atoms with van der Waals surface area (Å²) in [5.74, 6) is 0.223. The second-order valence-corrected chi connectivity index (χ2v) is 10.5. The van der Waals surface area contributed by atoms with Crippen molar-refractivity contribution in [1.29, 1.82) is 0 Å². The zero-order valence-corrected chi connectivity index (χ0v) is 19.8. The lowest BCUT2D eigenvalue weighted by Crippen LogP contribution is -2.43. The van der Waals surface area contributed by atoms with Crippen molar-refractivity contribution in [3.05, 3.63) is 63.6 Å². The van der Waals surface area contributed by atoms with E-state index in [-0.39, 0.29) is 23.6 Å². The van der Waals surface area contributed by atoms with Gasteiger partial charge < -0.3 is 10.1 Å². The number of piperidine rings is 1. The predicted molar refractivity (Wildman–Crippen MR) is 123 cm³/mol. The maximum atomic E-state index is 12.8. The minimum atomic E-state index is -3.54. The number of halogens is 2. The average Bonchev–Trinajstić information content (AvgIpc) is 2.75. The molecule has 31 heavy (non-hydrogen) atoms. The van der Waals surface area contributed by atoms with Crippen molar-refractivity contribution in [2.45, 2.75) is 31.6 Å². The van der Waals surface area contributed by atoms with Crippen molar-refractivity contribution in [2.75, 3.05) is 20.2 Å². The molecule has 1 atom stereocenters. The molecule has 0 bridgehead atoms. The van der Waals surface area contributed by atoms with Gasteiger partial charge in [0.2, 0.25) is 15.9 Å². The van der Waals surface area contributed by atoms with E-state index in [1.54, 1.807) is 19.2 Å². The van der Waals surface area contributed by atoms with Crippen LogP contribution in [0.1, 0.15) is 36.9 Å². The van der Waals surface area contributed by atoms with Crippen molar-refractivity contribution in [3.8, 4) is 5.75 Å². The van der Waals surface area contributed by atoms with E-state index in [0.29, 0.717) is 41.5 Å². The quantitative estimate of drug-likeness (QED) is 0.630. The molecule has 168 valence electrons. The van der Waals surface area contributed by atoms with E-state index >= 15 is 0 Å². The first-order chi connectivity index (χ1) is 14.7. The SMILES string of the molecule is COc1ccccc1[C@@H](C)NC(=O)C1CCN(S(=O)(=O)Cc2ccc(Cl)cc2Cl)CC1. The average molecular weight is 485 g/mol. The number of ether oxygens (including phenoxy) is 1. The van der Waals surface area contributed by atoms with Crippen LogP contribution in [-0.2, 0) is 20.6 Å². The summed E-state index contributed by atoms with van der Waals surface area (Å²) < 4.78 is 32.4. The lowest BCUT2D eigenvalue weighted by molar-refractivity contribution is -0.126. The fourth-order valence-electron chi connectivity index (χ4n) is 3.76. The summed E-state index contributed by atoms with van der Waals surface area (Å²) in [6.07, 6.45) is 0.941. The van der Waals surface area contributed by atoms with Gasteiger partial charge in [-0.15, -0.1) is 0 Å². The molecule has 1 aliphatic heterocycles. The number of amides is 1. The van der Waals surface area contributed by atoms with Crippen molar-refractivity contribution in [3.63, 3.8) is 0 Å². The highest BCUT2D eigenvalue weighted by Crippen LogP contribution is 2.28. The number of hydrogen-bond donors (Lipinski definition) is 1. The monoisotopic (exact) mass is 484 g/mol. The van der Waals surface area contributed by atoms with Gasteiger partial charge in [-0.1, -0.05) is 47.5 Å². The zero-order valence-electron chi connectivity index (χ0n) is 17.5. The Morgan fingerprint density at radius 3 is 2.52 bits per heavy atom. The molecule has 3 rings (SSSR count). The standard InChI is InChI=1S/C22H26Cl2N2O4S/c1-15(19-5-3-4-6-21(19)30-2)25-22(27)16-9-11-26(12-10-16)31(28,29)14-17-7-8-18(23)13-20(17)24/h3-8,13,15-16H,9-12,14H2,1-2H3,(H,25,27)/t15-/m1/s1. The molecule has 0 radical (unpaired) electrons. The second-order valence-electron chi connectivity index (χ2n) is 7.64. The van der Waals surface area contributed by atoms with Gasteiger partial charge in [0.25, 0.3) is 0 Å². The summed E-state index contributed by atoms with van der Waals surface area (Å²) in [7, 11) is -1.94. The van der Waals surface area contributed by atoms with Crippen LogP contribution >= 0.6 is 23.2 Å². The summed E-state index contributed by atoms with van der Waals surface area (Å²) >= 11 is 12.0. The Morgan fingerprint density at radius 2 is 1.87 bits per heavy atom. The van der Waals surface area contributed by atoms with Gasteiger partial charge in [-0.3, -0.25) is 4.79 Å². The van der Waals surface area contributed by atoms with Crippen molar-refractivity contribution in [1.82, 2.24) is 9.62 Å². The van der Waals surface area contributed by atoms with Crippen LogP contribution in [0.3, 0.4) is 0 Å². The summed E-state index contributed by atoms with van der Waals surface area (Å²) in [5.41, 5.74) is 1.41. The van der Waals surface area contributed by atoms with Gasteiger partial charge in [-0.25, -0.2) is 12.7 Å². The number of nitrogens with zero attached hydrogens (tertiary/aromatic N) is 1. The highest BCUT2D eigenvalue weighted by atomic mass is 35.5. The van der Waals surface area contributed by atoms with Gasteiger partial charge in [0.15, 0.2) is 0 Å². The topological polar surface area (TPSA) is 75.7 Å². The first kappa shape index (κ1) is 23.9. The van der Waals surface area contributed by atoms with E-state index in [0.717, 1.165) is 11.3 Å². The molecule has 1 saturated heterocycles. The fourth-order valence-corrected chi connectivity index (χ4v) is 5.90. The Labute approximate surface area is 193 Å². The van der Waals surface area contributed by atoms with Gasteiger partial charge in [-0.05, 0) is 43.5 Å². The third-order valence-electron chi connectivity index (χ3n) is 5.54. The molecular weight excluding hydrogens is 459 g/mol. The molecule has 0 aliphatic carbocycles. The minimum Gasteiger partial charge on any atom is -0.496 e. The van der Waals surface area contributed by atoms with E-state index in [2.05, 4.69) is 5.32 Å². The Balaban J connectivity index is 1.57. The molecule has 0 unspecified atom stereocenters. The Bertz CT molecular complexity index is 1040. The molecule has 1 fully saturated rings. The van der Waals surface area contributed by atoms with Crippen LogP contribution in [-0.4, -0.2) is 38.8 Å². The van der Waals surface area contributed by atoms with Gasteiger partial charge in [-0.2, -0.15) is 0 Å². The van der Waals surface area contributed by atoms with E-state index < -0.39 is 10.0 Å². The van der Waals surface area contributed by atoms with Gasteiger partial charge >= 0.3 is 0 Å². The number of para-hydroxylation sites is 1. The Hall–Kier alpha value is -1.80. The lowest BCUT2D eigenvalue weighted by atomic mass is 9.96. The van der Waals surface area contributed by atoms with Crippen LogP contribution in [0.4, 0.5) is 0 Å². The number of benzene rings is 2. The third-order valence-corrected chi connectivity index (χ3v) is 7.95. The number of nitrogens with one attached hydrogen (secondary N) is 1. The molecular formula is C22H26Cl2N2O4S. The highest BCUT2D eigenvalue weighted by molar-refractivity contribution is 7.88. The summed E-state index contributed by atoms with van der Waals surface area (Å²) in [5, 5.41) is 3.82. The number of carbonyl (C=O) groups excluding carboxylic acids is 1. The molecule has 0 aromatic heterocycles. The maximum absolute atomic E-state index is 12.8. The smallest absolute Gasteiger partial charge is 0.223 e. The second kappa shape index (κ2) is 10.2. The van der Waals surface area contributed by atoms with Gasteiger partial charge in [0.1, 0.15) is 5.75 Å². The first-order valence-electron chi connectivity index (χ1n) is 10.1. The molecule has 0 saturated carbocycles. The predicted octanol–water partition coefficient (Wildman–Crippen LogP) is 4.42. The molecule has 6 nitrogen and oxygen atoms in total. The summed E-state index contributed by atoms with van der Waals surface area (Å²) in [4.78, 5) is 12.8. The van der Waals surface area contributed by atoms with Gasteiger partial charge in [0.05, 0.1) is 18.9 Å². The van der Waals surface area contributed by atoms with Crippen LogP contribution in [0.15, 0.2) is 42.5 Å². The number of methoxy groups -OCH3 is 1. The number of hydrogen-bond acceptors (Lipinski definition) is 4. The van der Waals surface area contributed by atoms with E-state index in [9.17, 15) is 13.2 Å². The largest absolute Gasteiger partial charge is 0.496 e. The Morgan fingerprint density at radius 1 is 1.19 bits per heavy atom. The molecule has 1 heterocycles. The van der Waals surface area contributed by atoms with Crippen LogP contribution < -0.4 is 10.1 Å². The normalized spacial score (nSPS) is 16.6. The highest BCUT2D eigenvalue weighted by Gasteiger charge is 2.32. The minimum absolute atomic E-state index is 0.0730. The Kier molecular flexibility index (Phi) is 7.86. The first-order valence-corrected chi connectivity index (χ1v) is 12.4. The number of sulfonamides is 1. The molecule has 0 spiro atoms. The molecule has 1 N–H and O–H groups in total. The lowest BCUT2D eigenvalue weighted by Gasteiger charge is -2.31. The molecule has 9 heteroatoms. The molecule has 2 aromatic rings. The molecule has 1 amide bonds. The van der Waals surface area contributed by atoms with E-state index in [1.807, 2.05) is 31.2 Å². The zero-order chi connectivity index (χ0) is 22.6. The van der Waals surface area contributed by atoms with E-state index in [1.165, 1.54) is 10.4 Å². The van der Waals surface area contributed by atoms with Crippen LogP contribution in [0.2, 0.25) is 10.0 Å². The van der Waals surface area contributed by atoms with Crippen molar-refractivity contribution >= 4 is 39.1 Å². The van der Waals surface area contributed by atoms with Crippen molar-refractivity contribution in [2.24, 2.45) is 5.92 Å². The number of rotatable bonds is 7. The van der Waals surface area contributed by atoms with Crippen LogP contribution in [0.25, 0.3) is 0 Å². The molecule has 2 aromatic carbocycles. The summed E-state index contributed by atoms with van der Waals surface area (Å²) in [6, 6.07) is 12.1. The van der Waals surface area contributed by atoms with Crippen LogP contribution in [0.5, 0.6) is 5.75 Å².